The quantitative estimate of drug-likeness (QED) is 0.933. The van der Waals surface area contributed by atoms with Crippen molar-refractivity contribution in [3.05, 3.63) is 46.2 Å². The lowest BCUT2D eigenvalue weighted by molar-refractivity contribution is -0.140. The number of fused-ring (bicyclic) bond motifs is 1. The van der Waals surface area contributed by atoms with Crippen LogP contribution < -0.4 is 5.56 Å². The van der Waals surface area contributed by atoms with Crippen LogP contribution in [0.15, 0.2) is 35.1 Å². The van der Waals surface area contributed by atoms with Gasteiger partial charge < -0.3 is 14.6 Å². The molecular weight excluding hydrogens is 268 g/mol. The molecule has 0 bridgehead atoms. The van der Waals surface area contributed by atoms with Crippen LogP contribution in [0.4, 0.5) is 0 Å². The molecule has 21 heavy (non-hydrogen) atoms. The number of amides is 1. The monoisotopic (exact) mass is 286 g/mol. The fourth-order valence-corrected chi connectivity index (χ4v) is 2.66. The predicted octanol–water partition coefficient (Wildman–Crippen LogP) is 1.67. The number of aromatic nitrogens is 1. The number of nitrogens with one attached hydrogen (secondary N) is 1. The second kappa shape index (κ2) is 5.69. The maximum atomic E-state index is 12.2. The summed E-state index contributed by atoms with van der Waals surface area (Å²) in [5, 5.41) is 0.963. The lowest BCUT2D eigenvalue weighted by Crippen LogP contribution is -2.36. The van der Waals surface area contributed by atoms with Crippen molar-refractivity contribution in [2.45, 2.75) is 25.5 Å². The Bertz CT molecular complexity index is 717. The second-order valence-corrected chi connectivity index (χ2v) is 5.41. The van der Waals surface area contributed by atoms with Crippen molar-refractivity contribution in [3.8, 4) is 0 Å². The molecule has 2 aromatic rings. The lowest BCUT2D eigenvalue weighted by atomic mass is 10.1. The summed E-state index contributed by atoms with van der Waals surface area (Å²) in [6.45, 7) is 0.930. The highest BCUT2D eigenvalue weighted by molar-refractivity contribution is 5.81. The third-order valence-corrected chi connectivity index (χ3v) is 3.82. The van der Waals surface area contributed by atoms with Gasteiger partial charge in [0.05, 0.1) is 6.54 Å². The van der Waals surface area contributed by atoms with Crippen LogP contribution in [0, 0.1) is 0 Å². The molecule has 0 aliphatic carbocycles. The zero-order valence-corrected chi connectivity index (χ0v) is 12.0. The summed E-state index contributed by atoms with van der Waals surface area (Å²) < 4.78 is 5.40. The number of benzene rings is 1. The summed E-state index contributed by atoms with van der Waals surface area (Å²) in [6.07, 6.45) is 1.33. The van der Waals surface area contributed by atoms with Crippen LogP contribution in [0.5, 0.6) is 0 Å². The van der Waals surface area contributed by atoms with E-state index in [1.165, 1.54) is 0 Å². The molecule has 0 saturated carbocycles. The maximum Gasteiger partial charge on any atom is 0.253 e. The Morgan fingerprint density at radius 2 is 2.24 bits per heavy atom. The molecule has 0 unspecified atom stereocenters. The number of carbonyl (C=O) groups excluding carboxylic acids is 1. The number of hydrogen-bond acceptors (Lipinski definition) is 3. The molecule has 1 aromatic carbocycles. The van der Waals surface area contributed by atoms with E-state index in [2.05, 4.69) is 4.98 Å². The molecule has 1 fully saturated rings. The highest BCUT2D eigenvalue weighted by atomic mass is 16.5. The Balaban J connectivity index is 1.82. The number of pyridine rings is 1. The molecule has 3 rings (SSSR count). The summed E-state index contributed by atoms with van der Waals surface area (Å²) >= 11 is 0. The number of H-pyrrole nitrogens is 1. The number of aromatic amines is 1. The van der Waals surface area contributed by atoms with Crippen molar-refractivity contribution < 1.29 is 9.53 Å². The summed E-state index contributed by atoms with van der Waals surface area (Å²) in [4.78, 5) is 28.7. The molecule has 1 atom stereocenters. The first-order valence-corrected chi connectivity index (χ1v) is 7.12. The molecule has 1 amide bonds. The zero-order valence-electron chi connectivity index (χ0n) is 12.0. The van der Waals surface area contributed by atoms with Crippen LogP contribution in [-0.4, -0.2) is 35.5 Å². The number of nitrogens with zero attached hydrogens (tertiary/aromatic N) is 1. The molecule has 5 heteroatoms. The van der Waals surface area contributed by atoms with Gasteiger partial charge in [-0.05, 0) is 30.4 Å². The molecular formula is C16H18N2O3. The van der Waals surface area contributed by atoms with Crippen LogP contribution in [0.3, 0.4) is 0 Å². The maximum absolute atomic E-state index is 12.2. The number of ether oxygens (including phenoxy) is 1. The average Bonchev–Trinajstić information content (AvgIpc) is 3.01. The number of carbonyl (C=O) groups is 1. The van der Waals surface area contributed by atoms with E-state index in [-0.39, 0.29) is 17.6 Å². The van der Waals surface area contributed by atoms with Crippen molar-refractivity contribution in [1.82, 2.24) is 9.88 Å². The van der Waals surface area contributed by atoms with E-state index < -0.39 is 0 Å². The van der Waals surface area contributed by atoms with Gasteiger partial charge in [-0.25, -0.2) is 0 Å². The Labute approximate surface area is 122 Å². The van der Waals surface area contributed by atoms with Gasteiger partial charge in [-0.1, -0.05) is 18.2 Å². The van der Waals surface area contributed by atoms with E-state index in [4.69, 9.17) is 4.74 Å². The smallest absolute Gasteiger partial charge is 0.253 e. The number of para-hydroxylation sites is 1. The second-order valence-electron chi connectivity index (χ2n) is 5.41. The normalized spacial score (nSPS) is 18.0. The van der Waals surface area contributed by atoms with Gasteiger partial charge in [0.1, 0.15) is 6.10 Å². The molecule has 1 aromatic heterocycles. The molecule has 1 saturated heterocycles. The van der Waals surface area contributed by atoms with Gasteiger partial charge in [-0.2, -0.15) is 0 Å². The van der Waals surface area contributed by atoms with E-state index in [1.807, 2.05) is 30.3 Å². The minimum Gasteiger partial charge on any atom is -0.368 e. The van der Waals surface area contributed by atoms with Crippen LogP contribution in [0.2, 0.25) is 0 Å². The molecule has 0 spiro atoms. The van der Waals surface area contributed by atoms with Crippen LogP contribution >= 0.6 is 0 Å². The van der Waals surface area contributed by atoms with Gasteiger partial charge in [-0.15, -0.1) is 0 Å². The summed E-state index contributed by atoms with van der Waals surface area (Å²) in [6, 6.07) is 9.45. The number of likely N-dealkylation sites (N-methyl/N-ethyl adjacent to an activating group) is 1. The van der Waals surface area contributed by atoms with Crippen molar-refractivity contribution >= 4 is 16.8 Å². The first-order chi connectivity index (χ1) is 10.1. The lowest BCUT2D eigenvalue weighted by Gasteiger charge is -2.20. The van der Waals surface area contributed by atoms with E-state index in [0.29, 0.717) is 18.7 Å². The van der Waals surface area contributed by atoms with E-state index in [0.717, 1.165) is 23.7 Å². The first-order valence-electron chi connectivity index (χ1n) is 7.12. The summed E-state index contributed by atoms with van der Waals surface area (Å²) in [7, 11) is 1.71. The van der Waals surface area contributed by atoms with Gasteiger partial charge in [0.15, 0.2) is 0 Å². The van der Waals surface area contributed by atoms with Gasteiger partial charge in [-0.3, -0.25) is 9.59 Å². The fourth-order valence-electron chi connectivity index (χ4n) is 2.66. The van der Waals surface area contributed by atoms with Crippen molar-refractivity contribution in [2.24, 2.45) is 0 Å². The Hall–Kier alpha value is -2.14. The fraction of sp³-hybridized carbons (Fsp3) is 0.375. The summed E-state index contributed by atoms with van der Waals surface area (Å²) in [5.74, 6) is -0.0555. The van der Waals surface area contributed by atoms with Gasteiger partial charge >= 0.3 is 0 Å². The molecule has 1 N–H and O–H groups in total. The van der Waals surface area contributed by atoms with Gasteiger partial charge in [0, 0.05) is 24.7 Å². The topological polar surface area (TPSA) is 62.4 Å². The van der Waals surface area contributed by atoms with E-state index in [1.54, 1.807) is 11.9 Å². The van der Waals surface area contributed by atoms with Crippen molar-refractivity contribution in [3.63, 3.8) is 0 Å². The van der Waals surface area contributed by atoms with Crippen LogP contribution in [0.1, 0.15) is 18.4 Å². The van der Waals surface area contributed by atoms with E-state index in [9.17, 15) is 9.59 Å². The molecule has 5 nitrogen and oxygen atoms in total. The Morgan fingerprint density at radius 1 is 1.43 bits per heavy atom. The van der Waals surface area contributed by atoms with Crippen LogP contribution in [0.25, 0.3) is 10.9 Å². The molecule has 1 aliphatic rings. The van der Waals surface area contributed by atoms with Crippen molar-refractivity contribution in [2.75, 3.05) is 13.7 Å². The van der Waals surface area contributed by atoms with Gasteiger partial charge in [0.25, 0.3) is 11.5 Å². The third kappa shape index (κ3) is 2.83. The third-order valence-electron chi connectivity index (χ3n) is 3.82. The minimum atomic E-state index is -0.352. The number of rotatable bonds is 3. The van der Waals surface area contributed by atoms with Gasteiger partial charge in [0.2, 0.25) is 0 Å². The highest BCUT2D eigenvalue weighted by Gasteiger charge is 2.26. The number of hydrogen-bond donors (Lipinski definition) is 1. The summed E-state index contributed by atoms with van der Waals surface area (Å²) in [5.41, 5.74) is 1.24. The predicted molar refractivity (Wildman–Crippen MR) is 80.0 cm³/mol. The van der Waals surface area contributed by atoms with Crippen LogP contribution in [-0.2, 0) is 16.1 Å². The SMILES string of the molecule is CN(Cc1cc2ccccc2[nH]c1=O)C(=O)[C@H]1CCCO1. The Kier molecular flexibility index (Phi) is 3.75. The zero-order chi connectivity index (χ0) is 14.8. The molecule has 0 radical (unpaired) electrons. The highest BCUT2D eigenvalue weighted by Crippen LogP contribution is 2.16. The first kappa shape index (κ1) is 13.8. The molecule has 110 valence electrons. The molecule has 2 heterocycles. The molecule has 1 aliphatic heterocycles. The average molecular weight is 286 g/mol. The standard InChI is InChI=1S/C16H18N2O3/c1-18(16(20)14-7-4-8-21-14)10-12-9-11-5-2-3-6-13(11)17-15(12)19/h2-3,5-6,9,14H,4,7-8,10H2,1H3,(H,17,19)/t14-/m1/s1. The minimum absolute atomic E-state index is 0.0555. The van der Waals surface area contributed by atoms with Crippen molar-refractivity contribution in [1.29, 1.82) is 0 Å². The van der Waals surface area contributed by atoms with E-state index >= 15 is 0 Å². The Morgan fingerprint density at radius 3 is 3.00 bits per heavy atom. The largest absolute Gasteiger partial charge is 0.368 e.